The number of carbonyl (C=O) groups is 1. The van der Waals surface area contributed by atoms with Crippen molar-refractivity contribution in [3.8, 4) is 0 Å². The van der Waals surface area contributed by atoms with Crippen LogP contribution in [0.3, 0.4) is 0 Å². The number of carbonyl (C=O) groups excluding carboxylic acids is 1. The summed E-state index contributed by atoms with van der Waals surface area (Å²) in [5.41, 5.74) is 5.25. The van der Waals surface area contributed by atoms with Crippen molar-refractivity contribution in [1.29, 1.82) is 0 Å². The standard InChI is InChI=1S/C10H22N2OS/c1-10(2,8-11)12-9(13)6-4-5-7-14-3/h4-8,11H2,1-3H3,(H,12,13). The molecule has 84 valence electrons. The van der Waals surface area contributed by atoms with Crippen LogP contribution in [0.5, 0.6) is 0 Å². The summed E-state index contributed by atoms with van der Waals surface area (Å²) in [5, 5.41) is 2.91. The number of thioether (sulfide) groups is 1. The Morgan fingerprint density at radius 1 is 1.43 bits per heavy atom. The first-order valence-electron chi connectivity index (χ1n) is 5.02. The molecule has 0 aromatic carbocycles. The molecule has 0 fully saturated rings. The zero-order valence-electron chi connectivity index (χ0n) is 9.43. The van der Waals surface area contributed by atoms with E-state index in [1.165, 1.54) is 0 Å². The van der Waals surface area contributed by atoms with Gasteiger partial charge in [-0.15, -0.1) is 0 Å². The minimum Gasteiger partial charge on any atom is -0.350 e. The summed E-state index contributed by atoms with van der Waals surface area (Å²) in [4.78, 5) is 11.4. The average Bonchev–Trinajstić information content (AvgIpc) is 2.12. The summed E-state index contributed by atoms with van der Waals surface area (Å²) in [6, 6.07) is 0. The molecule has 0 aliphatic heterocycles. The van der Waals surface area contributed by atoms with Gasteiger partial charge in [-0.25, -0.2) is 0 Å². The van der Waals surface area contributed by atoms with Crippen molar-refractivity contribution < 1.29 is 4.79 Å². The van der Waals surface area contributed by atoms with Crippen LogP contribution in [0.4, 0.5) is 0 Å². The van der Waals surface area contributed by atoms with Crippen LogP contribution in [-0.4, -0.2) is 30.0 Å². The summed E-state index contributed by atoms with van der Waals surface area (Å²) < 4.78 is 0. The van der Waals surface area contributed by atoms with Crippen LogP contribution in [-0.2, 0) is 4.79 Å². The fourth-order valence-electron chi connectivity index (χ4n) is 1.02. The fraction of sp³-hybridized carbons (Fsp3) is 0.900. The molecule has 0 rings (SSSR count). The highest BCUT2D eigenvalue weighted by Crippen LogP contribution is 2.04. The lowest BCUT2D eigenvalue weighted by molar-refractivity contribution is -0.122. The molecule has 3 nitrogen and oxygen atoms in total. The fourth-order valence-corrected chi connectivity index (χ4v) is 1.52. The Morgan fingerprint density at radius 2 is 2.07 bits per heavy atom. The second-order valence-corrected chi connectivity index (χ2v) is 5.07. The van der Waals surface area contributed by atoms with Gasteiger partial charge in [-0.1, -0.05) is 0 Å². The molecule has 3 N–H and O–H groups in total. The summed E-state index contributed by atoms with van der Waals surface area (Å²) in [5.74, 6) is 1.25. The number of nitrogens with one attached hydrogen (secondary N) is 1. The Morgan fingerprint density at radius 3 is 2.57 bits per heavy atom. The van der Waals surface area contributed by atoms with E-state index in [0.717, 1.165) is 18.6 Å². The zero-order valence-corrected chi connectivity index (χ0v) is 10.2. The molecule has 0 heterocycles. The molecule has 0 bridgehead atoms. The van der Waals surface area contributed by atoms with Crippen LogP contribution < -0.4 is 11.1 Å². The van der Waals surface area contributed by atoms with E-state index in [4.69, 9.17) is 5.73 Å². The minimum atomic E-state index is -0.267. The predicted octanol–water partition coefficient (Wildman–Crippen LogP) is 1.37. The molecular formula is C10H22N2OS. The van der Waals surface area contributed by atoms with Gasteiger partial charge < -0.3 is 11.1 Å². The number of hydrogen-bond acceptors (Lipinski definition) is 3. The van der Waals surface area contributed by atoms with Gasteiger partial charge in [0.1, 0.15) is 0 Å². The minimum absolute atomic E-state index is 0.113. The highest BCUT2D eigenvalue weighted by Gasteiger charge is 2.17. The first-order valence-corrected chi connectivity index (χ1v) is 6.41. The van der Waals surface area contributed by atoms with E-state index in [0.29, 0.717) is 13.0 Å². The van der Waals surface area contributed by atoms with Crippen molar-refractivity contribution in [3.05, 3.63) is 0 Å². The smallest absolute Gasteiger partial charge is 0.220 e. The van der Waals surface area contributed by atoms with Crippen molar-refractivity contribution >= 4 is 17.7 Å². The average molecular weight is 218 g/mol. The highest BCUT2D eigenvalue weighted by atomic mass is 32.2. The zero-order chi connectivity index (χ0) is 11.0. The van der Waals surface area contributed by atoms with Crippen molar-refractivity contribution in [2.45, 2.75) is 38.6 Å². The number of amides is 1. The van der Waals surface area contributed by atoms with Crippen LogP contribution in [0, 0.1) is 0 Å². The van der Waals surface area contributed by atoms with Crippen molar-refractivity contribution in [2.24, 2.45) is 5.73 Å². The van der Waals surface area contributed by atoms with Gasteiger partial charge >= 0.3 is 0 Å². The Kier molecular flexibility index (Phi) is 7.01. The van der Waals surface area contributed by atoms with E-state index in [1.807, 2.05) is 25.6 Å². The van der Waals surface area contributed by atoms with Crippen molar-refractivity contribution in [2.75, 3.05) is 18.6 Å². The van der Waals surface area contributed by atoms with Gasteiger partial charge in [-0.3, -0.25) is 4.79 Å². The molecule has 4 heteroatoms. The molecule has 0 radical (unpaired) electrons. The second kappa shape index (κ2) is 7.12. The lowest BCUT2D eigenvalue weighted by Crippen LogP contribution is -2.48. The van der Waals surface area contributed by atoms with Gasteiger partial charge in [0.2, 0.25) is 5.91 Å². The molecular weight excluding hydrogens is 196 g/mol. The molecule has 0 aliphatic rings. The Hall–Kier alpha value is -0.220. The molecule has 0 atom stereocenters. The Labute approximate surface area is 91.2 Å². The molecule has 0 aliphatic carbocycles. The third-order valence-corrected chi connectivity index (χ3v) is 2.69. The third-order valence-electron chi connectivity index (χ3n) is 1.99. The van der Waals surface area contributed by atoms with Gasteiger partial charge in [0, 0.05) is 18.5 Å². The second-order valence-electron chi connectivity index (χ2n) is 4.09. The van der Waals surface area contributed by atoms with Gasteiger partial charge in [0.05, 0.1) is 0 Å². The molecule has 0 unspecified atom stereocenters. The first kappa shape index (κ1) is 13.8. The molecule has 0 saturated heterocycles. The van der Waals surface area contributed by atoms with Crippen LogP contribution in [0.15, 0.2) is 0 Å². The summed E-state index contributed by atoms with van der Waals surface area (Å²) in [6.45, 7) is 4.35. The highest BCUT2D eigenvalue weighted by molar-refractivity contribution is 7.98. The van der Waals surface area contributed by atoms with Crippen LogP contribution in [0.2, 0.25) is 0 Å². The molecule has 0 aromatic rings. The molecule has 1 amide bonds. The van der Waals surface area contributed by atoms with Crippen molar-refractivity contribution in [1.82, 2.24) is 5.32 Å². The maximum Gasteiger partial charge on any atom is 0.220 e. The number of rotatable bonds is 7. The van der Waals surface area contributed by atoms with E-state index in [-0.39, 0.29) is 11.4 Å². The van der Waals surface area contributed by atoms with Crippen LogP contribution >= 0.6 is 11.8 Å². The SMILES string of the molecule is CSCCCCC(=O)NC(C)(C)CN. The number of unbranched alkanes of at least 4 members (excludes halogenated alkanes) is 1. The van der Waals surface area contributed by atoms with Crippen LogP contribution in [0.25, 0.3) is 0 Å². The normalized spacial score (nSPS) is 11.4. The van der Waals surface area contributed by atoms with Crippen molar-refractivity contribution in [3.63, 3.8) is 0 Å². The largest absolute Gasteiger partial charge is 0.350 e. The maximum absolute atomic E-state index is 11.4. The molecule has 0 saturated carbocycles. The summed E-state index contributed by atoms with van der Waals surface area (Å²) >= 11 is 1.82. The lowest BCUT2D eigenvalue weighted by Gasteiger charge is -2.24. The Bertz CT molecular complexity index is 172. The summed E-state index contributed by atoms with van der Waals surface area (Å²) in [7, 11) is 0. The van der Waals surface area contributed by atoms with E-state index >= 15 is 0 Å². The van der Waals surface area contributed by atoms with Gasteiger partial charge in [-0.05, 0) is 38.7 Å². The van der Waals surface area contributed by atoms with Gasteiger partial charge in [-0.2, -0.15) is 11.8 Å². The lowest BCUT2D eigenvalue weighted by atomic mass is 10.1. The van der Waals surface area contributed by atoms with E-state index < -0.39 is 0 Å². The summed E-state index contributed by atoms with van der Waals surface area (Å²) in [6.07, 6.45) is 4.77. The predicted molar refractivity (Wildman–Crippen MR) is 63.5 cm³/mol. The van der Waals surface area contributed by atoms with E-state index in [2.05, 4.69) is 11.6 Å². The number of nitrogens with two attached hydrogens (primary N) is 1. The molecule has 0 aromatic heterocycles. The van der Waals surface area contributed by atoms with Gasteiger partial charge in [0.25, 0.3) is 0 Å². The molecule has 14 heavy (non-hydrogen) atoms. The van der Waals surface area contributed by atoms with Crippen LogP contribution in [0.1, 0.15) is 33.1 Å². The Balaban J connectivity index is 3.55. The topological polar surface area (TPSA) is 55.1 Å². The maximum atomic E-state index is 11.4. The quantitative estimate of drug-likeness (QED) is 0.635. The van der Waals surface area contributed by atoms with E-state index in [1.54, 1.807) is 0 Å². The first-order chi connectivity index (χ1) is 6.52. The monoisotopic (exact) mass is 218 g/mol. The van der Waals surface area contributed by atoms with E-state index in [9.17, 15) is 4.79 Å². The molecule has 0 spiro atoms. The van der Waals surface area contributed by atoms with Gasteiger partial charge in [0.15, 0.2) is 0 Å². The number of hydrogen-bond donors (Lipinski definition) is 2. The third kappa shape index (κ3) is 7.21.